The van der Waals surface area contributed by atoms with Gasteiger partial charge in [0.25, 0.3) is 0 Å². The van der Waals surface area contributed by atoms with Crippen LogP contribution in [0, 0.1) is 5.41 Å². The number of hydrogen-bond donors (Lipinski definition) is 1. The lowest BCUT2D eigenvalue weighted by Crippen LogP contribution is -2.45. The average molecular weight is 210 g/mol. The molecular weight excluding hydrogens is 188 g/mol. The first kappa shape index (κ1) is 10.9. The molecule has 1 heterocycles. The zero-order chi connectivity index (χ0) is 10.9. The summed E-state index contributed by atoms with van der Waals surface area (Å²) in [7, 11) is 0. The van der Waals surface area contributed by atoms with Crippen molar-refractivity contribution in [2.45, 2.75) is 51.5 Å². The maximum Gasteiger partial charge on any atom is 0.219 e. The number of nitrogens with zero attached hydrogens (tertiary/aromatic N) is 1. The second-order valence-corrected chi connectivity index (χ2v) is 5.34. The van der Waals surface area contributed by atoms with Gasteiger partial charge in [-0.2, -0.15) is 0 Å². The van der Waals surface area contributed by atoms with E-state index in [-0.39, 0.29) is 5.91 Å². The van der Waals surface area contributed by atoms with E-state index in [1.165, 1.54) is 38.5 Å². The van der Waals surface area contributed by atoms with E-state index in [1.54, 1.807) is 6.92 Å². The molecule has 2 aliphatic rings. The van der Waals surface area contributed by atoms with E-state index in [2.05, 4.69) is 0 Å². The molecule has 2 rings (SSSR count). The van der Waals surface area contributed by atoms with E-state index in [0.29, 0.717) is 11.5 Å². The molecule has 0 aromatic heterocycles. The van der Waals surface area contributed by atoms with Crippen LogP contribution >= 0.6 is 0 Å². The maximum atomic E-state index is 11.2. The van der Waals surface area contributed by atoms with Crippen molar-refractivity contribution in [3.63, 3.8) is 0 Å². The number of amides is 1. The predicted molar refractivity (Wildman–Crippen MR) is 60.4 cm³/mol. The van der Waals surface area contributed by atoms with Crippen molar-refractivity contribution in [3.8, 4) is 0 Å². The van der Waals surface area contributed by atoms with Gasteiger partial charge in [-0.3, -0.25) is 4.79 Å². The summed E-state index contributed by atoms with van der Waals surface area (Å²) in [6.07, 6.45) is 7.30. The lowest BCUT2D eigenvalue weighted by molar-refractivity contribution is -0.131. The van der Waals surface area contributed by atoms with Gasteiger partial charge < -0.3 is 10.6 Å². The molecule has 0 aromatic rings. The Bertz CT molecular complexity index is 234. The first-order chi connectivity index (χ1) is 7.11. The second-order valence-electron chi connectivity index (χ2n) is 5.34. The third kappa shape index (κ3) is 2.33. The van der Waals surface area contributed by atoms with Crippen molar-refractivity contribution in [2.24, 2.45) is 11.1 Å². The van der Waals surface area contributed by atoms with E-state index >= 15 is 0 Å². The van der Waals surface area contributed by atoms with Crippen molar-refractivity contribution >= 4 is 5.91 Å². The smallest absolute Gasteiger partial charge is 0.219 e. The van der Waals surface area contributed by atoms with Gasteiger partial charge in [0.15, 0.2) is 0 Å². The van der Waals surface area contributed by atoms with Crippen LogP contribution < -0.4 is 5.73 Å². The van der Waals surface area contributed by atoms with E-state index < -0.39 is 0 Å². The second kappa shape index (κ2) is 4.12. The molecule has 0 bridgehead atoms. The standard InChI is InChI=1S/C12H22N2O/c1-10(15)14-8-6-12(7-9-14)4-2-11(13)3-5-12/h11H,2-9,13H2,1H3. The summed E-state index contributed by atoms with van der Waals surface area (Å²) in [5.74, 6) is 0.234. The number of hydrogen-bond acceptors (Lipinski definition) is 2. The van der Waals surface area contributed by atoms with E-state index in [0.717, 1.165) is 13.1 Å². The molecule has 1 saturated heterocycles. The highest BCUT2D eigenvalue weighted by Gasteiger charge is 2.37. The van der Waals surface area contributed by atoms with Crippen molar-refractivity contribution in [1.29, 1.82) is 0 Å². The Labute approximate surface area is 92.0 Å². The van der Waals surface area contributed by atoms with Gasteiger partial charge in [-0.1, -0.05) is 0 Å². The number of piperidine rings is 1. The monoisotopic (exact) mass is 210 g/mol. The number of carbonyl (C=O) groups excluding carboxylic acids is 1. The number of rotatable bonds is 0. The molecule has 1 saturated carbocycles. The average Bonchev–Trinajstić information content (AvgIpc) is 2.24. The molecule has 1 aliphatic carbocycles. The van der Waals surface area contributed by atoms with Crippen molar-refractivity contribution in [1.82, 2.24) is 4.90 Å². The Balaban J connectivity index is 1.89. The quantitative estimate of drug-likeness (QED) is 0.659. The molecule has 3 heteroatoms. The molecule has 2 N–H and O–H groups in total. The van der Waals surface area contributed by atoms with Gasteiger partial charge in [0.05, 0.1) is 0 Å². The molecule has 0 atom stereocenters. The minimum Gasteiger partial charge on any atom is -0.343 e. The Morgan fingerprint density at radius 3 is 2.20 bits per heavy atom. The highest BCUT2D eigenvalue weighted by molar-refractivity contribution is 5.73. The molecule has 1 spiro atoms. The normalized spacial score (nSPS) is 26.9. The van der Waals surface area contributed by atoms with Gasteiger partial charge in [0, 0.05) is 26.1 Å². The van der Waals surface area contributed by atoms with Crippen LogP contribution in [-0.4, -0.2) is 29.9 Å². The zero-order valence-corrected chi connectivity index (χ0v) is 9.67. The molecule has 2 fully saturated rings. The Kier molecular flexibility index (Phi) is 3.01. The highest BCUT2D eigenvalue weighted by atomic mass is 16.2. The molecule has 0 aromatic carbocycles. The van der Waals surface area contributed by atoms with Gasteiger partial charge in [0.2, 0.25) is 5.91 Å². The van der Waals surface area contributed by atoms with Crippen LogP contribution in [0.15, 0.2) is 0 Å². The van der Waals surface area contributed by atoms with Crippen molar-refractivity contribution in [2.75, 3.05) is 13.1 Å². The Hall–Kier alpha value is -0.570. The van der Waals surface area contributed by atoms with Gasteiger partial charge in [0.1, 0.15) is 0 Å². The van der Waals surface area contributed by atoms with Crippen LogP contribution in [0.1, 0.15) is 45.4 Å². The summed E-state index contributed by atoms with van der Waals surface area (Å²) in [6, 6.07) is 0.432. The first-order valence-electron chi connectivity index (χ1n) is 6.12. The summed E-state index contributed by atoms with van der Waals surface area (Å²) in [5.41, 5.74) is 6.47. The maximum absolute atomic E-state index is 11.2. The largest absolute Gasteiger partial charge is 0.343 e. The SMILES string of the molecule is CC(=O)N1CCC2(CCC(N)CC2)CC1. The number of likely N-dealkylation sites (tertiary alicyclic amines) is 1. The highest BCUT2D eigenvalue weighted by Crippen LogP contribution is 2.44. The lowest BCUT2D eigenvalue weighted by atomic mass is 9.67. The molecule has 0 radical (unpaired) electrons. The summed E-state index contributed by atoms with van der Waals surface area (Å²) in [4.78, 5) is 13.2. The van der Waals surface area contributed by atoms with Crippen LogP contribution in [0.3, 0.4) is 0 Å². The summed E-state index contributed by atoms with van der Waals surface area (Å²) in [5, 5.41) is 0. The molecular formula is C12H22N2O. The molecule has 15 heavy (non-hydrogen) atoms. The van der Waals surface area contributed by atoms with Crippen LogP contribution in [0.5, 0.6) is 0 Å². The lowest BCUT2D eigenvalue weighted by Gasteiger charge is -2.45. The van der Waals surface area contributed by atoms with Crippen molar-refractivity contribution in [3.05, 3.63) is 0 Å². The molecule has 0 unspecified atom stereocenters. The van der Waals surface area contributed by atoms with E-state index in [9.17, 15) is 4.79 Å². The molecule has 86 valence electrons. The predicted octanol–water partition coefficient (Wildman–Crippen LogP) is 1.52. The third-order valence-corrected chi connectivity index (χ3v) is 4.36. The van der Waals surface area contributed by atoms with Gasteiger partial charge in [-0.15, -0.1) is 0 Å². The number of carbonyl (C=O) groups is 1. The Morgan fingerprint density at radius 1 is 1.20 bits per heavy atom. The van der Waals surface area contributed by atoms with E-state index in [4.69, 9.17) is 5.73 Å². The Morgan fingerprint density at radius 2 is 1.73 bits per heavy atom. The zero-order valence-electron chi connectivity index (χ0n) is 9.67. The molecule has 3 nitrogen and oxygen atoms in total. The number of nitrogens with two attached hydrogens (primary N) is 1. The summed E-state index contributed by atoms with van der Waals surface area (Å²) < 4.78 is 0. The van der Waals surface area contributed by atoms with Crippen LogP contribution in [0.4, 0.5) is 0 Å². The van der Waals surface area contributed by atoms with Crippen molar-refractivity contribution < 1.29 is 4.79 Å². The fourth-order valence-electron chi connectivity index (χ4n) is 3.05. The molecule has 1 aliphatic heterocycles. The first-order valence-corrected chi connectivity index (χ1v) is 6.12. The van der Waals surface area contributed by atoms with Crippen LogP contribution in [0.25, 0.3) is 0 Å². The summed E-state index contributed by atoms with van der Waals surface area (Å²) >= 11 is 0. The van der Waals surface area contributed by atoms with Gasteiger partial charge in [-0.05, 0) is 43.9 Å². The fraction of sp³-hybridized carbons (Fsp3) is 0.917. The van der Waals surface area contributed by atoms with Gasteiger partial charge in [-0.25, -0.2) is 0 Å². The third-order valence-electron chi connectivity index (χ3n) is 4.36. The topological polar surface area (TPSA) is 46.3 Å². The van der Waals surface area contributed by atoms with Crippen LogP contribution in [0.2, 0.25) is 0 Å². The molecule has 1 amide bonds. The minimum atomic E-state index is 0.234. The fourth-order valence-corrected chi connectivity index (χ4v) is 3.05. The summed E-state index contributed by atoms with van der Waals surface area (Å²) in [6.45, 7) is 3.60. The van der Waals surface area contributed by atoms with Gasteiger partial charge >= 0.3 is 0 Å². The van der Waals surface area contributed by atoms with E-state index in [1.807, 2.05) is 4.90 Å². The minimum absolute atomic E-state index is 0.234. The van der Waals surface area contributed by atoms with Crippen LogP contribution in [-0.2, 0) is 4.79 Å².